The van der Waals surface area contributed by atoms with E-state index in [4.69, 9.17) is 5.73 Å². The number of carbonyl (C=O) groups is 1. The Morgan fingerprint density at radius 1 is 1.25 bits per heavy atom. The van der Waals surface area contributed by atoms with Crippen molar-refractivity contribution in [2.24, 2.45) is 23.5 Å². The van der Waals surface area contributed by atoms with Crippen molar-refractivity contribution in [3.05, 3.63) is 29.8 Å². The highest BCUT2D eigenvalue weighted by Gasteiger charge is 2.41. The molecule has 1 aromatic carbocycles. The third kappa shape index (κ3) is 3.51. The van der Waals surface area contributed by atoms with Crippen molar-refractivity contribution < 1.29 is 4.79 Å². The highest BCUT2D eigenvalue weighted by molar-refractivity contribution is 5.89. The van der Waals surface area contributed by atoms with Crippen LogP contribution in [0.1, 0.15) is 31.2 Å². The number of anilines is 1. The predicted octanol–water partition coefficient (Wildman–Crippen LogP) is 2.70. The maximum atomic E-state index is 11.9. The topological polar surface area (TPSA) is 67.1 Å². The molecule has 108 valence electrons. The van der Waals surface area contributed by atoms with Crippen LogP contribution in [0.4, 0.5) is 10.5 Å². The number of urea groups is 1. The van der Waals surface area contributed by atoms with Crippen LogP contribution in [0.25, 0.3) is 0 Å². The number of rotatable bonds is 6. The van der Waals surface area contributed by atoms with E-state index in [2.05, 4.69) is 10.6 Å². The van der Waals surface area contributed by atoms with Gasteiger partial charge in [0.1, 0.15) is 0 Å². The van der Waals surface area contributed by atoms with E-state index < -0.39 is 0 Å². The minimum absolute atomic E-state index is 0.106. The van der Waals surface area contributed by atoms with E-state index in [1.807, 2.05) is 24.3 Å². The first-order valence-corrected chi connectivity index (χ1v) is 7.60. The molecule has 4 N–H and O–H groups in total. The lowest BCUT2D eigenvalue weighted by Crippen LogP contribution is -2.34. The summed E-state index contributed by atoms with van der Waals surface area (Å²) in [5, 5.41) is 5.92. The summed E-state index contributed by atoms with van der Waals surface area (Å²) >= 11 is 0. The lowest BCUT2D eigenvalue weighted by molar-refractivity contribution is 0.248. The summed E-state index contributed by atoms with van der Waals surface area (Å²) in [6.07, 6.45) is 5.40. The van der Waals surface area contributed by atoms with Gasteiger partial charge in [0.05, 0.1) is 0 Å². The average Bonchev–Trinajstić information content (AvgIpc) is 3.32. The zero-order valence-electron chi connectivity index (χ0n) is 11.8. The molecular formula is C16H23N3O. The lowest BCUT2D eigenvalue weighted by atomic mass is 9.98. The van der Waals surface area contributed by atoms with Crippen molar-refractivity contribution in [2.45, 2.75) is 32.2 Å². The summed E-state index contributed by atoms with van der Waals surface area (Å²) in [5.41, 5.74) is 7.43. The molecule has 3 rings (SSSR count). The van der Waals surface area contributed by atoms with Crippen LogP contribution in [0.15, 0.2) is 24.3 Å². The summed E-state index contributed by atoms with van der Waals surface area (Å²) in [6, 6.07) is 7.57. The fourth-order valence-electron chi connectivity index (χ4n) is 2.93. The summed E-state index contributed by atoms with van der Waals surface area (Å²) in [4.78, 5) is 11.9. The molecular weight excluding hydrogens is 250 g/mol. The van der Waals surface area contributed by atoms with Gasteiger partial charge in [0.2, 0.25) is 0 Å². The third-order valence-corrected chi connectivity index (χ3v) is 4.37. The maximum Gasteiger partial charge on any atom is 0.319 e. The van der Waals surface area contributed by atoms with Crippen LogP contribution in [-0.2, 0) is 6.54 Å². The van der Waals surface area contributed by atoms with Gasteiger partial charge in [0, 0.05) is 18.8 Å². The molecule has 4 heteroatoms. The number of nitrogens with one attached hydrogen (secondary N) is 2. The molecule has 0 aliphatic heterocycles. The Balaban J connectivity index is 1.48. The number of nitrogens with two attached hydrogens (primary N) is 1. The van der Waals surface area contributed by atoms with Crippen molar-refractivity contribution in [3.63, 3.8) is 0 Å². The molecule has 2 fully saturated rings. The van der Waals surface area contributed by atoms with Crippen LogP contribution in [0.2, 0.25) is 0 Å². The number of benzene rings is 1. The predicted molar refractivity (Wildman–Crippen MR) is 80.3 cm³/mol. The molecule has 2 aliphatic carbocycles. The fourth-order valence-corrected chi connectivity index (χ4v) is 2.93. The second-order valence-electron chi connectivity index (χ2n) is 6.08. The third-order valence-electron chi connectivity index (χ3n) is 4.37. The van der Waals surface area contributed by atoms with Crippen LogP contribution in [0.5, 0.6) is 0 Å². The number of hydrogen-bond donors (Lipinski definition) is 3. The molecule has 0 saturated heterocycles. The summed E-state index contributed by atoms with van der Waals surface area (Å²) in [6.45, 7) is 1.31. The molecule has 2 amide bonds. The lowest BCUT2D eigenvalue weighted by Gasteiger charge is -2.16. The van der Waals surface area contributed by atoms with E-state index >= 15 is 0 Å². The van der Waals surface area contributed by atoms with E-state index in [9.17, 15) is 4.79 Å². The number of carbonyl (C=O) groups excluding carboxylic acids is 1. The average molecular weight is 273 g/mol. The van der Waals surface area contributed by atoms with Gasteiger partial charge in [-0.05, 0) is 61.1 Å². The molecule has 0 heterocycles. The molecule has 0 atom stereocenters. The minimum Gasteiger partial charge on any atom is -0.338 e. The van der Waals surface area contributed by atoms with E-state index in [1.165, 1.54) is 25.7 Å². The van der Waals surface area contributed by atoms with Gasteiger partial charge < -0.3 is 16.4 Å². The Hall–Kier alpha value is -1.55. The van der Waals surface area contributed by atoms with Crippen LogP contribution in [0, 0.1) is 17.8 Å². The van der Waals surface area contributed by atoms with Crippen molar-refractivity contribution in [1.82, 2.24) is 5.32 Å². The monoisotopic (exact) mass is 273 g/mol. The van der Waals surface area contributed by atoms with Gasteiger partial charge in [-0.15, -0.1) is 0 Å². The summed E-state index contributed by atoms with van der Waals surface area (Å²) < 4.78 is 0. The van der Waals surface area contributed by atoms with E-state index in [0.29, 0.717) is 12.5 Å². The van der Waals surface area contributed by atoms with Crippen molar-refractivity contribution in [3.8, 4) is 0 Å². The van der Waals surface area contributed by atoms with Gasteiger partial charge in [-0.1, -0.05) is 12.1 Å². The summed E-state index contributed by atoms with van der Waals surface area (Å²) in [5.74, 6) is 2.43. The Morgan fingerprint density at radius 2 is 1.95 bits per heavy atom. The largest absolute Gasteiger partial charge is 0.338 e. The van der Waals surface area contributed by atoms with Crippen LogP contribution < -0.4 is 16.4 Å². The van der Waals surface area contributed by atoms with Gasteiger partial charge >= 0.3 is 6.03 Å². The molecule has 20 heavy (non-hydrogen) atoms. The number of hydrogen-bond acceptors (Lipinski definition) is 2. The zero-order valence-corrected chi connectivity index (χ0v) is 11.8. The van der Waals surface area contributed by atoms with Gasteiger partial charge in [0.25, 0.3) is 0 Å². The SMILES string of the molecule is NCc1cccc(NC(=O)NCC(C2CC2)C2CC2)c1. The normalized spacial score (nSPS) is 18.1. The van der Waals surface area contributed by atoms with Crippen molar-refractivity contribution in [1.29, 1.82) is 0 Å². The maximum absolute atomic E-state index is 11.9. The molecule has 0 unspecified atom stereocenters. The zero-order chi connectivity index (χ0) is 13.9. The first kappa shape index (κ1) is 13.4. The minimum atomic E-state index is -0.106. The Kier molecular flexibility index (Phi) is 3.92. The highest BCUT2D eigenvalue weighted by Crippen LogP contribution is 2.48. The van der Waals surface area contributed by atoms with Gasteiger partial charge in [-0.2, -0.15) is 0 Å². The quantitative estimate of drug-likeness (QED) is 0.746. The van der Waals surface area contributed by atoms with E-state index in [-0.39, 0.29) is 6.03 Å². The fraction of sp³-hybridized carbons (Fsp3) is 0.562. The molecule has 1 aromatic rings. The van der Waals surface area contributed by atoms with Crippen molar-refractivity contribution >= 4 is 11.7 Å². The molecule has 0 bridgehead atoms. The first-order valence-electron chi connectivity index (χ1n) is 7.60. The molecule has 4 nitrogen and oxygen atoms in total. The molecule has 2 aliphatic rings. The van der Waals surface area contributed by atoms with E-state index in [0.717, 1.165) is 29.6 Å². The summed E-state index contributed by atoms with van der Waals surface area (Å²) in [7, 11) is 0. The Bertz CT molecular complexity index is 468. The first-order chi connectivity index (χ1) is 9.76. The Labute approximate surface area is 120 Å². The molecule has 2 saturated carbocycles. The second-order valence-corrected chi connectivity index (χ2v) is 6.08. The van der Waals surface area contributed by atoms with Crippen molar-refractivity contribution in [2.75, 3.05) is 11.9 Å². The smallest absolute Gasteiger partial charge is 0.319 e. The van der Waals surface area contributed by atoms with Crippen LogP contribution in [-0.4, -0.2) is 12.6 Å². The Morgan fingerprint density at radius 3 is 2.55 bits per heavy atom. The molecule has 0 aromatic heterocycles. The van der Waals surface area contributed by atoms with E-state index in [1.54, 1.807) is 0 Å². The highest BCUT2D eigenvalue weighted by atomic mass is 16.2. The molecule has 0 spiro atoms. The standard InChI is InChI=1S/C16H23N3O/c17-9-11-2-1-3-14(8-11)19-16(20)18-10-15(12-4-5-12)13-6-7-13/h1-3,8,12-13,15H,4-7,9-10,17H2,(H2,18,19,20). The number of amides is 2. The van der Waals surface area contributed by atoms with Gasteiger partial charge in [0.15, 0.2) is 0 Å². The van der Waals surface area contributed by atoms with Gasteiger partial charge in [-0.25, -0.2) is 4.79 Å². The van der Waals surface area contributed by atoms with Crippen LogP contribution >= 0.6 is 0 Å². The second kappa shape index (κ2) is 5.83. The van der Waals surface area contributed by atoms with Gasteiger partial charge in [-0.3, -0.25) is 0 Å². The molecule has 0 radical (unpaired) electrons. The van der Waals surface area contributed by atoms with Crippen LogP contribution in [0.3, 0.4) is 0 Å².